The molecule has 4 aromatic rings. The molecule has 0 aliphatic heterocycles. The fourth-order valence-electron chi connectivity index (χ4n) is 2.81. The molecule has 0 saturated carbocycles. The van der Waals surface area contributed by atoms with Crippen LogP contribution >= 0.6 is 0 Å². The normalized spacial score (nSPS) is 11.1. The lowest BCUT2D eigenvalue weighted by Crippen LogP contribution is -2.17. The summed E-state index contributed by atoms with van der Waals surface area (Å²) in [5.41, 5.74) is 5.41. The van der Waals surface area contributed by atoms with Crippen LogP contribution in [-0.4, -0.2) is 27.0 Å². The van der Waals surface area contributed by atoms with E-state index in [1.165, 1.54) is 30.5 Å². The molecule has 0 spiro atoms. The zero-order chi connectivity index (χ0) is 21.1. The highest BCUT2D eigenvalue weighted by Crippen LogP contribution is 2.23. The van der Waals surface area contributed by atoms with Crippen LogP contribution in [0.4, 0.5) is 10.1 Å². The molecule has 4 rings (SSSR count). The highest BCUT2D eigenvalue weighted by atomic mass is 19.1. The highest BCUT2D eigenvalue weighted by molar-refractivity contribution is 5.98. The Morgan fingerprint density at radius 1 is 1.10 bits per heavy atom. The van der Waals surface area contributed by atoms with Crippen molar-refractivity contribution in [1.82, 2.24) is 15.4 Å². The molecule has 8 nitrogen and oxygen atoms in total. The number of amides is 1. The van der Waals surface area contributed by atoms with Crippen molar-refractivity contribution in [3.05, 3.63) is 93.8 Å². The van der Waals surface area contributed by atoms with Crippen LogP contribution in [0.15, 0.2) is 71.8 Å². The number of fused-ring (bicyclic) bond motifs is 1. The van der Waals surface area contributed by atoms with E-state index in [1.54, 1.807) is 42.5 Å². The number of rotatable bonds is 5. The fourth-order valence-corrected chi connectivity index (χ4v) is 2.81. The average Bonchev–Trinajstić information content (AvgIpc) is 3.18. The third-order valence-corrected chi connectivity index (χ3v) is 4.35. The molecule has 9 heteroatoms. The van der Waals surface area contributed by atoms with Crippen molar-refractivity contribution in [2.24, 2.45) is 5.10 Å². The van der Waals surface area contributed by atoms with Crippen LogP contribution in [0.3, 0.4) is 0 Å². The molecule has 0 atom stereocenters. The van der Waals surface area contributed by atoms with E-state index in [0.717, 1.165) is 0 Å². The van der Waals surface area contributed by atoms with E-state index < -0.39 is 10.8 Å². The van der Waals surface area contributed by atoms with Crippen LogP contribution in [0.1, 0.15) is 15.9 Å². The lowest BCUT2D eigenvalue weighted by atomic mass is 10.2. The number of aromatic nitrogens is 2. The van der Waals surface area contributed by atoms with E-state index in [1.807, 2.05) is 0 Å². The van der Waals surface area contributed by atoms with Gasteiger partial charge in [-0.15, -0.1) is 0 Å². The summed E-state index contributed by atoms with van der Waals surface area (Å²) in [4.78, 5) is 30.2. The zero-order valence-corrected chi connectivity index (χ0v) is 15.4. The molecule has 0 fully saturated rings. The lowest BCUT2D eigenvalue weighted by molar-refractivity contribution is -0.384. The minimum absolute atomic E-state index is 0.00462. The largest absolute Gasteiger partial charge is 0.338 e. The van der Waals surface area contributed by atoms with E-state index in [9.17, 15) is 19.3 Å². The predicted octanol–water partition coefficient (Wildman–Crippen LogP) is 4.04. The van der Waals surface area contributed by atoms with Crippen molar-refractivity contribution in [3.63, 3.8) is 0 Å². The van der Waals surface area contributed by atoms with Gasteiger partial charge in [0.15, 0.2) is 0 Å². The molecule has 0 aliphatic carbocycles. The molecule has 0 radical (unpaired) electrons. The number of nitrogens with zero attached hydrogens (tertiary/aromatic N) is 3. The van der Waals surface area contributed by atoms with Crippen molar-refractivity contribution >= 4 is 28.8 Å². The Morgan fingerprint density at radius 3 is 2.53 bits per heavy atom. The Hall–Kier alpha value is -4.40. The van der Waals surface area contributed by atoms with Crippen LogP contribution in [0, 0.1) is 15.9 Å². The second kappa shape index (κ2) is 7.92. The minimum atomic E-state index is -0.466. The molecular formula is C21H14FN5O3. The molecule has 0 unspecified atom stereocenters. The van der Waals surface area contributed by atoms with Crippen LogP contribution < -0.4 is 5.43 Å². The van der Waals surface area contributed by atoms with Gasteiger partial charge in [-0.3, -0.25) is 14.9 Å². The molecule has 0 aliphatic rings. The summed E-state index contributed by atoms with van der Waals surface area (Å²) < 4.78 is 12.9. The number of nitro groups is 1. The second-order valence-electron chi connectivity index (χ2n) is 6.37. The third-order valence-electron chi connectivity index (χ3n) is 4.35. The van der Waals surface area contributed by atoms with Gasteiger partial charge in [0, 0.05) is 23.3 Å². The molecule has 148 valence electrons. The Labute approximate surface area is 169 Å². The smallest absolute Gasteiger partial charge is 0.271 e. The summed E-state index contributed by atoms with van der Waals surface area (Å²) in [6, 6.07) is 16.7. The number of hydrogen-bond acceptors (Lipinski definition) is 5. The second-order valence-corrected chi connectivity index (χ2v) is 6.37. The fraction of sp³-hybridized carbons (Fsp3) is 0. The van der Waals surface area contributed by atoms with Crippen LogP contribution in [0.25, 0.3) is 22.4 Å². The number of hydrogen-bond donors (Lipinski definition) is 2. The van der Waals surface area contributed by atoms with Gasteiger partial charge in [0.1, 0.15) is 11.6 Å². The maximum absolute atomic E-state index is 12.9. The molecule has 1 amide bonds. The van der Waals surface area contributed by atoms with Gasteiger partial charge in [-0.1, -0.05) is 12.1 Å². The first-order chi connectivity index (χ1) is 14.5. The van der Waals surface area contributed by atoms with Gasteiger partial charge in [0.2, 0.25) is 0 Å². The van der Waals surface area contributed by atoms with Crippen molar-refractivity contribution in [2.45, 2.75) is 0 Å². The Bertz CT molecular complexity index is 1260. The molecule has 2 N–H and O–H groups in total. The van der Waals surface area contributed by atoms with Crippen LogP contribution in [0.5, 0.6) is 0 Å². The SMILES string of the molecule is O=C(N/N=C\c1ccc(F)cc1)c1ccc2nc(-c3ccc([N+](=O)[O-])cc3)[nH]c2c1. The number of nitrogens with one attached hydrogen (secondary N) is 2. The summed E-state index contributed by atoms with van der Waals surface area (Å²) in [5.74, 6) is -0.231. The number of H-pyrrole nitrogens is 1. The van der Waals surface area contributed by atoms with Crippen molar-refractivity contribution in [1.29, 1.82) is 0 Å². The predicted molar refractivity (Wildman–Crippen MR) is 110 cm³/mol. The number of imidazole rings is 1. The number of aromatic amines is 1. The summed E-state index contributed by atoms with van der Waals surface area (Å²) in [6.07, 6.45) is 1.42. The first kappa shape index (κ1) is 18.9. The summed E-state index contributed by atoms with van der Waals surface area (Å²) in [7, 11) is 0. The number of nitro benzene ring substituents is 1. The number of hydrazone groups is 1. The maximum Gasteiger partial charge on any atom is 0.271 e. The third kappa shape index (κ3) is 4.04. The van der Waals surface area contributed by atoms with Gasteiger partial charge in [0.05, 0.1) is 22.2 Å². The molecule has 0 saturated heterocycles. The van der Waals surface area contributed by atoms with Crippen LogP contribution in [0.2, 0.25) is 0 Å². The van der Waals surface area contributed by atoms with Gasteiger partial charge < -0.3 is 4.98 Å². The summed E-state index contributed by atoms with van der Waals surface area (Å²) >= 11 is 0. The monoisotopic (exact) mass is 403 g/mol. The van der Waals surface area contributed by atoms with Gasteiger partial charge in [-0.25, -0.2) is 14.8 Å². The van der Waals surface area contributed by atoms with Gasteiger partial charge in [-0.05, 0) is 48.0 Å². The summed E-state index contributed by atoms with van der Waals surface area (Å²) in [5, 5.41) is 14.7. The molecular weight excluding hydrogens is 389 g/mol. The van der Waals surface area contributed by atoms with E-state index in [-0.39, 0.29) is 11.5 Å². The first-order valence-electron chi connectivity index (χ1n) is 8.83. The Kier molecular flexibility index (Phi) is 5.00. The Balaban J connectivity index is 1.50. The van der Waals surface area contributed by atoms with E-state index >= 15 is 0 Å². The quantitative estimate of drug-likeness (QED) is 0.297. The minimum Gasteiger partial charge on any atom is -0.338 e. The lowest BCUT2D eigenvalue weighted by Gasteiger charge is -2.00. The van der Waals surface area contributed by atoms with Gasteiger partial charge in [0.25, 0.3) is 11.6 Å². The number of halogens is 1. The van der Waals surface area contributed by atoms with Gasteiger partial charge >= 0.3 is 0 Å². The molecule has 0 bridgehead atoms. The number of non-ortho nitro benzene ring substituents is 1. The molecule has 1 aromatic heterocycles. The van der Waals surface area contributed by atoms with E-state index in [4.69, 9.17) is 0 Å². The van der Waals surface area contributed by atoms with E-state index in [2.05, 4.69) is 20.5 Å². The van der Waals surface area contributed by atoms with Gasteiger partial charge in [-0.2, -0.15) is 5.10 Å². The van der Waals surface area contributed by atoms with Crippen LogP contribution in [-0.2, 0) is 0 Å². The van der Waals surface area contributed by atoms with Crippen molar-refractivity contribution in [3.8, 4) is 11.4 Å². The molecule has 3 aromatic carbocycles. The first-order valence-corrected chi connectivity index (χ1v) is 8.83. The summed E-state index contributed by atoms with van der Waals surface area (Å²) in [6.45, 7) is 0. The van der Waals surface area contributed by atoms with Crippen molar-refractivity contribution < 1.29 is 14.1 Å². The van der Waals surface area contributed by atoms with E-state index in [0.29, 0.717) is 33.5 Å². The Morgan fingerprint density at radius 2 is 1.83 bits per heavy atom. The topological polar surface area (TPSA) is 113 Å². The standard InChI is InChI=1S/C21H14FN5O3/c22-16-6-1-13(2-7-16)12-23-26-21(28)15-5-10-18-19(11-15)25-20(24-18)14-3-8-17(9-4-14)27(29)30/h1-12H,(H,24,25)(H,26,28)/b23-12-. The molecule has 30 heavy (non-hydrogen) atoms. The molecule has 1 heterocycles. The number of carbonyl (C=O) groups excluding carboxylic acids is 1. The average molecular weight is 403 g/mol. The van der Waals surface area contributed by atoms with Crippen molar-refractivity contribution in [2.75, 3.05) is 0 Å². The number of benzene rings is 3. The number of carbonyl (C=O) groups is 1. The highest BCUT2D eigenvalue weighted by Gasteiger charge is 2.11. The zero-order valence-electron chi connectivity index (χ0n) is 15.4. The maximum atomic E-state index is 12.9.